The molecule has 0 bridgehead atoms. The van der Waals surface area contributed by atoms with Gasteiger partial charge >= 0.3 is 0 Å². The second kappa shape index (κ2) is 5.64. The molecule has 1 amide bonds. The summed E-state index contributed by atoms with van der Waals surface area (Å²) in [6, 6.07) is 2.26. The zero-order valence-electron chi connectivity index (χ0n) is 10.4. The Morgan fingerprint density at radius 2 is 1.95 bits per heavy atom. The van der Waals surface area contributed by atoms with E-state index < -0.39 is 10.5 Å². The summed E-state index contributed by atoms with van der Waals surface area (Å²) in [6.45, 7) is 1.26. The fourth-order valence-corrected chi connectivity index (χ4v) is 2.14. The van der Waals surface area contributed by atoms with Gasteiger partial charge in [0.1, 0.15) is 6.54 Å². The molecule has 102 valence electrons. The highest BCUT2D eigenvalue weighted by atomic mass is 16.6. The van der Waals surface area contributed by atoms with Crippen LogP contribution in [0.1, 0.15) is 19.3 Å². The highest BCUT2D eigenvalue weighted by Crippen LogP contribution is 2.10. The normalized spacial score (nSPS) is 15.3. The van der Waals surface area contributed by atoms with E-state index >= 15 is 0 Å². The van der Waals surface area contributed by atoms with Crippen LogP contribution in [0, 0.1) is 10.1 Å². The summed E-state index contributed by atoms with van der Waals surface area (Å²) in [5, 5.41) is 10.6. The van der Waals surface area contributed by atoms with E-state index in [1.54, 1.807) is 4.90 Å². The van der Waals surface area contributed by atoms with Gasteiger partial charge in [-0.2, -0.15) is 0 Å². The lowest BCUT2D eigenvalue weighted by atomic mass is 10.1. The first kappa shape index (κ1) is 13.3. The van der Waals surface area contributed by atoms with E-state index in [1.165, 1.54) is 0 Å². The maximum Gasteiger partial charge on any atom is 0.285 e. The molecule has 0 atom stereocenters. The number of likely N-dealkylation sites (tertiary alicyclic amines) is 1. The van der Waals surface area contributed by atoms with Gasteiger partial charge in [0.25, 0.3) is 11.2 Å². The Morgan fingerprint density at radius 3 is 2.58 bits per heavy atom. The molecular formula is C12H15N3O4. The average molecular weight is 265 g/mol. The van der Waals surface area contributed by atoms with Crippen molar-refractivity contribution in [2.24, 2.45) is 0 Å². The molecule has 0 saturated carbocycles. The van der Waals surface area contributed by atoms with Gasteiger partial charge in [-0.1, -0.05) is 0 Å². The van der Waals surface area contributed by atoms with E-state index in [0.29, 0.717) is 13.1 Å². The van der Waals surface area contributed by atoms with Crippen LogP contribution in [0.4, 0.5) is 5.69 Å². The SMILES string of the molecule is O=C(Cn1cc([N+](=O)[O-])ccc1=O)N1CCCCC1. The molecule has 1 aliphatic rings. The molecule has 0 radical (unpaired) electrons. The Labute approximate surface area is 109 Å². The first-order valence-electron chi connectivity index (χ1n) is 6.20. The van der Waals surface area contributed by atoms with Gasteiger partial charge in [-0.15, -0.1) is 0 Å². The van der Waals surface area contributed by atoms with E-state index in [9.17, 15) is 19.7 Å². The number of pyridine rings is 1. The van der Waals surface area contributed by atoms with Crippen LogP contribution in [0.15, 0.2) is 23.1 Å². The van der Waals surface area contributed by atoms with E-state index in [-0.39, 0.29) is 18.1 Å². The Balaban J connectivity index is 2.13. The second-order valence-electron chi connectivity index (χ2n) is 4.55. The lowest BCUT2D eigenvalue weighted by Crippen LogP contribution is -2.39. The zero-order chi connectivity index (χ0) is 13.8. The molecule has 0 aromatic carbocycles. The summed E-state index contributed by atoms with van der Waals surface area (Å²) < 4.78 is 1.09. The van der Waals surface area contributed by atoms with Crippen LogP contribution < -0.4 is 5.56 Å². The minimum absolute atomic E-state index is 0.138. The van der Waals surface area contributed by atoms with Crippen molar-refractivity contribution >= 4 is 11.6 Å². The van der Waals surface area contributed by atoms with Crippen LogP contribution >= 0.6 is 0 Å². The van der Waals surface area contributed by atoms with Gasteiger partial charge in [0.15, 0.2) is 0 Å². The standard InChI is InChI=1S/C12H15N3O4/c16-11-5-4-10(15(18)19)8-14(11)9-12(17)13-6-2-1-3-7-13/h4-5,8H,1-3,6-7,9H2. The third kappa shape index (κ3) is 3.18. The van der Waals surface area contributed by atoms with Crippen LogP contribution in [0.3, 0.4) is 0 Å². The Bertz CT molecular complexity index is 546. The van der Waals surface area contributed by atoms with Gasteiger partial charge in [-0.05, 0) is 19.3 Å². The van der Waals surface area contributed by atoms with Crippen molar-refractivity contribution in [1.82, 2.24) is 9.47 Å². The predicted molar refractivity (Wildman–Crippen MR) is 67.8 cm³/mol. The average Bonchev–Trinajstić information content (AvgIpc) is 2.42. The van der Waals surface area contributed by atoms with Crippen molar-refractivity contribution < 1.29 is 9.72 Å². The Morgan fingerprint density at radius 1 is 1.26 bits per heavy atom. The number of hydrogen-bond donors (Lipinski definition) is 0. The van der Waals surface area contributed by atoms with Crippen molar-refractivity contribution in [1.29, 1.82) is 0 Å². The highest BCUT2D eigenvalue weighted by molar-refractivity contribution is 5.76. The number of amides is 1. The minimum atomic E-state index is -0.582. The molecule has 1 aromatic heterocycles. The van der Waals surface area contributed by atoms with Crippen LogP contribution in [0.5, 0.6) is 0 Å². The summed E-state index contributed by atoms with van der Waals surface area (Å²) in [7, 11) is 0. The number of rotatable bonds is 3. The molecule has 19 heavy (non-hydrogen) atoms. The van der Waals surface area contributed by atoms with Crippen molar-refractivity contribution in [2.75, 3.05) is 13.1 Å². The lowest BCUT2D eigenvalue weighted by Gasteiger charge is -2.26. The summed E-state index contributed by atoms with van der Waals surface area (Å²) in [5.41, 5.74) is -0.595. The van der Waals surface area contributed by atoms with E-state index in [0.717, 1.165) is 42.2 Å². The summed E-state index contributed by atoms with van der Waals surface area (Å²) >= 11 is 0. The quantitative estimate of drug-likeness (QED) is 0.596. The molecule has 1 fully saturated rings. The zero-order valence-corrected chi connectivity index (χ0v) is 10.4. The number of nitro groups is 1. The molecule has 1 aromatic rings. The largest absolute Gasteiger partial charge is 0.341 e. The fraction of sp³-hybridized carbons (Fsp3) is 0.500. The summed E-state index contributed by atoms with van der Waals surface area (Å²) in [6.07, 6.45) is 4.16. The first-order chi connectivity index (χ1) is 9.08. The summed E-state index contributed by atoms with van der Waals surface area (Å²) in [5.74, 6) is -0.165. The first-order valence-corrected chi connectivity index (χ1v) is 6.20. The topological polar surface area (TPSA) is 85.5 Å². The smallest absolute Gasteiger partial charge is 0.285 e. The van der Waals surface area contributed by atoms with Crippen LogP contribution in [0.25, 0.3) is 0 Å². The second-order valence-corrected chi connectivity index (χ2v) is 4.55. The van der Waals surface area contributed by atoms with Gasteiger partial charge in [-0.25, -0.2) is 0 Å². The molecule has 1 aliphatic heterocycles. The number of carbonyl (C=O) groups excluding carboxylic acids is 1. The van der Waals surface area contributed by atoms with E-state index in [2.05, 4.69) is 0 Å². The van der Waals surface area contributed by atoms with Crippen LogP contribution in [-0.4, -0.2) is 33.4 Å². The van der Waals surface area contributed by atoms with Gasteiger partial charge in [0.2, 0.25) is 5.91 Å². The number of nitrogens with zero attached hydrogens (tertiary/aromatic N) is 3. The molecule has 0 unspecified atom stereocenters. The molecule has 2 heterocycles. The van der Waals surface area contributed by atoms with Crippen molar-refractivity contribution in [3.63, 3.8) is 0 Å². The van der Waals surface area contributed by atoms with Crippen LogP contribution in [-0.2, 0) is 11.3 Å². The third-order valence-electron chi connectivity index (χ3n) is 3.19. The lowest BCUT2D eigenvalue weighted by molar-refractivity contribution is -0.385. The molecule has 2 rings (SSSR count). The molecule has 7 heteroatoms. The monoisotopic (exact) mass is 265 g/mol. The van der Waals surface area contributed by atoms with Gasteiger partial charge in [0.05, 0.1) is 11.1 Å². The van der Waals surface area contributed by atoms with Gasteiger partial charge in [-0.3, -0.25) is 24.3 Å². The third-order valence-corrected chi connectivity index (χ3v) is 3.19. The van der Waals surface area contributed by atoms with Gasteiger partial charge in [0, 0.05) is 25.2 Å². The number of carbonyl (C=O) groups is 1. The predicted octanol–water partition coefficient (Wildman–Crippen LogP) is 0.769. The molecule has 1 saturated heterocycles. The summed E-state index contributed by atoms with van der Waals surface area (Å²) in [4.78, 5) is 35.3. The minimum Gasteiger partial charge on any atom is -0.341 e. The van der Waals surface area contributed by atoms with Crippen molar-refractivity contribution in [2.45, 2.75) is 25.8 Å². The molecule has 0 aliphatic carbocycles. The van der Waals surface area contributed by atoms with Gasteiger partial charge < -0.3 is 4.90 Å². The van der Waals surface area contributed by atoms with E-state index in [4.69, 9.17) is 0 Å². The molecule has 0 spiro atoms. The Hall–Kier alpha value is -2.18. The fourth-order valence-electron chi connectivity index (χ4n) is 2.14. The molecular weight excluding hydrogens is 250 g/mol. The number of piperidine rings is 1. The van der Waals surface area contributed by atoms with E-state index in [1.807, 2.05) is 0 Å². The maximum absolute atomic E-state index is 12.0. The molecule has 7 nitrogen and oxygen atoms in total. The van der Waals surface area contributed by atoms with Crippen molar-refractivity contribution in [3.05, 3.63) is 38.8 Å². The van der Waals surface area contributed by atoms with Crippen LogP contribution in [0.2, 0.25) is 0 Å². The van der Waals surface area contributed by atoms with Crippen molar-refractivity contribution in [3.8, 4) is 0 Å². The highest BCUT2D eigenvalue weighted by Gasteiger charge is 2.18. The Kier molecular flexibility index (Phi) is 3.94. The number of hydrogen-bond acceptors (Lipinski definition) is 4. The molecule has 0 N–H and O–H groups in total. The number of aromatic nitrogens is 1. The maximum atomic E-state index is 12.0.